The summed E-state index contributed by atoms with van der Waals surface area (Å²) >= 11 is 0. The van der Waals surface area contributed by atoms with Crippen LogP contribution in [0.3, 0.4) is 0 Å². The quantitative estimate of drug-likeness (QED) is 0.831. The number of hydrogen-bond donors (Lipinski definition) is 0. The van der Waals surface area contributed by atoms with Crippen LogP contribution in [-0.4, -0.2) is 20.7 Å². The molecule has 1 aromatic carbocycles. The molecule has 1 heterocycles. The normalized spacial score (nSPS) is 15.0. The summed E-state index contributed by atoms with van der Waals surface area (Å²) in [6.07, 6.45) is 2.68. The Morgan fingerprint density at radius 2 is 1.85 bits per heavy atom. The molecular formula is C17H23N3. The summed E-state index contributed by atoms with van der Waals surface area (Å²) in [6.45, 7) is 6.35. The third-order valence-corrected chi connectivity index (χ3v) is 4.31. The van der Waals surface area contributed by atoms with Gasteiger partial charge in [0.2, 0.25) is 0 Å². The Labute approximate surface area is 121 Å². The Hall–Kier alpha value is -1.61. The summed E-state index contributed by atoms with van der Waals surface area (Å²) in [7, 11) is 2.03. The predicted octanol–water partition coefficient (Wildman–Crippen LogP) is 3.20. The number of nitrogens with zero attached hydrogens (tertiary/aromatic N) is 3. The van der Waals surface area contributed by atoms with Gasteiger partial charge in [-0.2, -0.15) is 5.10 Å². The van der Waals surface area contributed by atoms with Crippen molar-refractivity contribution in [3.8, 4) is 0 Å². The zero-order valence-electron chi connectivity index (χ0n) is 12.6. The maximum Gasteiger partial charge on any atom is 0.0641 e. The summed E-state index contributed by atoms with van der Waals surface area (Å²) in [6, 6.07) is 11.5. The molecule has 20 heavy (non-hydrogen) atoms. The first-order valence-electron chi connectivity index (χ1n) is 7.42. The van der Waals surface area contributed by atoms with E-state index >= 15 is 0 Å². The van der Waals surface area contributed by atoms with Gasteiger partial charge in [-0.15, -0.1) is 0 Å². The molecule has 1 saturated carbocycles. The first kappa shape index (κ1) is 13.4. The Morgan fingerprint density at radius 3 is 2.40 bits per heavy atom. The molecule has 1 aliphatic rings. The third-order valence-electron chi connectivity index (χ3n) is 4.31. The average Bonchev–Trinajstić information content (AvgIpc) is 3.24. The van der Waals surface area contributed by atoms with Crippen LogP contribution >= 0.6 is 0 Å². The number of rotatable bonds is 5. The van der Waals surface area contributed by atoms with Crippen molar-refractivity contribution < 1.29 is 0 Å². The molecule has 0 radical (unpaired) electrons. The third kappa shape index (κ3) is 2.78. The van der Waals surface area contributed by atoms with Gasteiger partial charge in [0.25, 0.3) is 0 Å². The molecule has 2 aromatic rings. The van der Waals surface area contributed by atoms with Crippen LogP contribution in [0.1, 0.15) is 35.4 Å². The molecule has 106 valence electrons. The summed E-state index contributed by atoms with van der Waals surface area (Å²) in [5.41, 5.74) is 5.26. The fraction of sp³-hybridized carbons (Fsp3) is 0.471. The lowest BCUT2D eigenvalue weighted by atomic mass is 10.1. The van der Waals surface area contributed by atoms with E-state index < -0.39 is 0 Å². The molecule has 0 aliphatic heterocycles. The van der Waals surface area contributed by atoms with Gasteiger partial charge in [-0.25, -0.2) is 0 Å². The van der Waals surface area contributed by atoms with Crippen LogP contribution in [-0.2, 0) is 20.1 Å². The fourth-order valence-corrected chi connectivity index (χ4v) is 2.82. The standard InChI is InChI=1S/C17H23N3/c1-13-17(14(2)19(3)18-13)12-20(16-9-10-16)11-15-7-5-4-6-8-15/h4-8,16H,9-12H2,1-3H3. The molecule has 3 heteroatoms. The maximum atomic E-state index is 4.54. The molecule has 3 nitrogen and oxygen atoms in total. The number of hydrogen-bond acceptors (Lipinski definition) is 2. The lowest BCUT2D eigenvalue weighted by molar-refractivity contribution is 0.245. The molecule has 0 amide bonds. The average molecular weight is 269 g/mol. The highest BCUT2D eigenvalue weighted by Crippen LogP contribution is 2.30. The van der Waals surface area contributed by atoms with E-state index in [0.717, 1.165) is 19.1 Å². The Bertz CT molecular complexity index is 582. The van der Waals surface area contributed by atoms with Crippen molar-refractivity contribution >= 4 is 0 Å². The minimum Gasteiger partial charge on any atom is -0.292 e. The molecule has 3 rings (SSSR count). The zero-order valence-corrected chi connectivity index (χ0v) is 12.6. The van der Waals surface area contributed by atoms with Crippen LogP contribution in [0.15, 0.2) is 30.3 Å². The Kier molecular flexibility index (Phi) is 3.62. The first-order chi connectivity index (χ1) is 9.65. The van der Waals surface area contributed by atoms with Crippen LogP contribution in [0.2, 0.25) is 0 Å². The molecule has 1 aliphatic carbocycles. The van der Waals surface area contributed by atoms with E-state index in [-0.39, 0.29) is 0 Å². The zero-order chi connectivity index (χ0) is 14.1. The summed E-state index contributed by atoms with van der Waals surface area (Å²) < 4.78 is 2.00. The molecule has 0 N–H and O–H groups in total. The van der Waals surface area contributed by atoms with Crippen LogP contribution in [0, 0.1) is 13.8 Å². The second-order valence-electron chi connectivity index (χ2n) is 5.89. The van der Waals surface area contributed by atoms with Crippen molar-refractivity contribution in [2.75, 3.05) is 0 Å². The lowest BCUT2D eigenvalue weighted by Gasteiger charge is -2.22. The van der Waals surface area contributed by atoms with Gasteiger partial charge in [0.15, 0.2) is 0 Å². The number of aromatic nitrogens is 2. The van der Waals surface area contributed by atoms with Gasteiger partial charge >= 0.3 is 0 Å². The van der Waals surface area contributed by atoms with Gasteiger partial charge in [-0.1, -0.05) is 30.3 Å². The van der Waals surface area contributed by atoms with Crippen LogP contribution in [0.4, 0.5) is 0 Å². The SMILES string of the molecule is Cc1nn(C)c(C)c1CN(Cc1ccccc1)C1CC1. The van der Waals surface area contributed by atoms with Gasteiger partial charge in [-0.3, -0.25) is 9.58 Å². The Balaban J connectivity index is 1.78. The molecule has 0 saturated heterocycles. The summed E-state index contributed by atoms with van der Waals surface area (Å²) in [5.74, 6) is 0. The highest BCUT2D eigenvalue weighted by molar-refractivity contribution is 5.25. The van der Waals surface area contributed by atoms with E-state index in [4.69, 9.17) is 0 Å². The van der Waals surface area contributed by atoms with Gasteiger partial charge in [0, 0.05) is 37.4 Å². The molecule has 0 bridgehead atoms. The van der Waals surface area contributed by atoms with Crippen molar-refractivity contribution in [2.24, 2.45) is 7.05 Å². The molecular weight excluding hydrogens is 246 g/mol. The van der Waals surface area contributed by atoms with E-state index in [2.05, 4.69) is 54.2 Å². The summed E-state index contributed by atoms with van der Waals surface area (Å²) in [4.78, 5) is 2.60. The van der Waals surface area contributed by atoms with Crippen molar-refractivity contribution in [1.29, 1.82) is 0 Å². The minimum absolute atomic E-state index is 0.759. The second kappa shape index (κ2) is 5.41. The van der Waals surface area contributed by atoms with Gasteiger partial charge in [0.1, 0.15) is 0 Å². The van der Waals surface area contributed by atoms with Gasteiger partial charge in [-0.05, 0) is 32.3 Å². The van der Waals surface area contributed by atoms with Crippen LogP contribution in [0.25, 0.3) is 0 Å². The molecule has 1 aromatic heterocycles. The highest BCUT2D eigenvalue weighted by Gasteiger charge is 2.30. The molecule has 0 spiro atoms. The fourth-order valence-electron chi connectivity index (χ4n) is 2.82. The smallest absolute Gasteiger partial charge is 0.0641 e. The van der Waals surface area contributed by atoms with Crippen LogP contribution in [0.5, 0.6) is 0 Å². The molecule has 0 unspecified atom stereocenters. The number of aryl methyl sites for hydroxylation is 2. The van der Waals surface area contributed by atoms with Gasteiger partial charge in [0.05, 0.1) is 5.69 Å². The molecule has 0 atom stereocenters. The van der Waals surface area contributed by atoms with E-state index in [1.54, 1.807) is 0 Å². The van der Waals surface area contributed by atoms with Crippen molar-refractivity contribution in [3.05, 3.63) is 52.8 Å². The van der Waals surface area contributed by atoms with Crippen molar-refractivity contribution in [3.63, 3.8) is 0 Å². The van der Waals surface area contributed by atoms with E-state index in [9.17, 15) is 0 Å². The first-order valence-corrected chi connectivity index (χ1v) is 7.42. The van der Waals surface area contributed by atoms with E-state index in [0.29, 0.717) is 0 Å². The van der Waals surface area contributed by atoms with Crippen molar-refractivity contribution in [1.82, 2.24) is 14.7 Å². The maximum absolute atomic E-state index is 4.54. The summed E-state index contributed by atoms with van der Waals surface area (Å²) in [5, 5.41) is 4.54. The van der Waals surface area contributed by atoms with Crippen LogP contribution < -0.4 is 0 Å². The number of benzene rings is 1. The van der Waals surface area contributed by atoms with E-state index in [1.165, 1.54) is 35.4 Å². The molecule has 1 fully saturated rings. The second-order valence-corrected chi connectivity index (χ2v) is 5.89. The van der Waals surface area contributed by atoms with E-state index in [1.807, 2.05) is 11.7 Å². The highest BCUT2D eigenvalue weighted by atomic mass is 15.3. The van der Waals surface area contributed by atoms with Crippen molar-refractivity contribution in [2.45, 2.75) is 45.8 Å². The Morgan fingerprint density at radius 1 is 1.15 bits per heavy atom. The topological polar surface area (TPSA) is 21.1 Å². The predicted molar refractivity (Wildman–Crippen MR) is 81.4 cm³/mol. The largest absolute Gasteiger partial charge is 0.292 e. The monoisotopic (exact) mass is 269 g/mol. The lowest BCUT2D eigenvalue weighted by Crippen LogP contribution is -2.25. The van der Waals surface area contributed by atoms with Gasteiger partial charge < -0.3 is 0 Å². The minimum atomic E-state index is 0.759.